The van der Waals surface area contributed by atoms with Crippen molar-refractivity contribution in [2.45, 2.75) is 18.9 Å². The van der Waals surface area contributed by atoms with Gasteiger partial charge in [0.25, 0.3) is 0 Å². The fraction of sp³-hybridized carbons (Fsp3) is 0.120. The Balaban J connectivity index is 1.58. The van der Waals surface area contributed by atoms with Gasteiger partial charge in [0, 0.05) is 5.56 Å². The lowest BCUT2D eigenvalue weighted by Gasteiger charge is -2.15. The van der Waals surface area contributed by atoms with E-state index in [4.69, 9.17) is 4.74 Å². The van der Waals surface area contributed by atoms with Gasteiger partial charge in [0.05, 0.1) is 0 Å². The molecule has 0 saturated heterocycles. The molecule has 0 aromatic heterocycles. The number of hydrogen-bond acceptors (Lipinski definition) is 3. The summed E-state index contributed by atoms with van der Waals surface area (Å²) in [7, 11) is 0. The zero-order valence-electron chi connectivity index (χ0n) is 15.9. The molecule has 3 aromatic carbocycles. The van der Waals surface area contributed by atoms with Crippen molar-refractivity contribution in [3.05, 3.63) is 108 Å². The van der Waals surface area contributed by atoms with E-state index in [2.05, 4.69) is 0 Å². The molecular weight excluding hydrogens is 364 g/mol. The fourth-order valence-electron chi connectivity index (χ4n) is 2.87. The van der Waals surface area contributed by atoms with Crippen LogP contribution in [0.3, 0.4) is 0 Å². The van der Waals surface area contributed by atoms with Crippen molar-refractivity contribution >= 4 is 17.8 Å². The van der Waals surface area contributed by atoms with Gasteiger partial charge in [-0.2, -0.15) is 0 Å². The number of aliphatic carboxylic acids is 1. The highest BCUT2D eigenvalue weighted by Gasteiger charge is 2.19. The average Bonchev–Trinajstić information content (AvgIpc) is 2.77. The lowest BCUT2D eigenvalue weighted by atomic mass is 10.1. The van der Waals surface area contributed by atoms with Gasteiger partial charge in [0.1, 0.15) is 5.75 Å². The van der Waals surface area contributed by atoms with Crippen LogP contribution in [-0.2, 0) is 11.2 Å². The Morgan fingerprint density at radius 2 is 1.48 bits per heavy atom. The monoisotopic (exact) mass is 386 g/mol. The molecule has 0 aliphatic carbocycles. The van der Waals surface area contributed by atoms with Gasteiger partial charge in [0.15, 0.2) is 11.9 Å². The van der Waals surface area contributed by atoms with Gasteiger partial charge >= 0.3 is 5.97 Å². The lowest BCUT2D eigenvalue weighted by molar-refractivity contribution is -0.145. The molecule has 0 fully saturated rings. The molecule has 3 aromatic rings. The minimum atomic E-state index is -0.988. The molecule has 0 saturated carbocycles. The smallest absolute Gasteiger partial charge is 0.344 e. The summed E-state index contributed by atoms with van der Waals surface area (Å²) in [6, 6.07) is 25.8. The number of ketones is 1. The molecule has 0 amide bonds. The first-order valence-corrected chi connectivity index (χ1v) is 9.43. The van der Waals surface area contributed by atoms with Gasteiger partial charge < -0.3 is 9.84 Å². The Labute approximate surface area is 170 Å². The van der Waals surface area contributed by atoms with Gasteiger partial charge in [-0.15, -0.1) is 0 Å². The number of aryl methyl sites for hydroxylation is 1. The summed E-state index contributed by atoms with van der Waals surface area (Å²) < 4.78 is 5.66. The summed E-state index contributed by atoms with van der Waals surface area (Å²) in [4.78, 5) is 23.6. The number of carbonyl (C=O) groups excluding carboxylic acids is 1. The number of carboxylic acid groups (broad SMARTS) is 1. The first kappa shape index (κ1) is 20.1. The van der Waals surface area contributed by atoms with Crippen LogP contribution in [0.4, 0.5) is 0 Å². The van der Waals surface area contributed by atoms with E-state index in [-0.39, 0.29) is 5.78 Å². The van der Waals surface area contributed by atoms with Crippen molar-refractivity contribution < 1.29 is 19.4 Å². The van der Waals surface area contributed by atoms with Gasteiger partial charge in [0.2, 0.25) is 0 Å². The summed E-state index contributed by atoms with van der Waals surface area (Å²) in [5.74, 6) is -0.576. The fourth-order valence-corrected chi connectivity index (χ4v) is 2.87. The number of hydrogen-bond donors (Lipinski definition) is 1. The normalized spacial score (nSPS) is 11.9. The van der Waals surface area contributed by atoms with Crippen molar-refractivity contribution in [3.8, 4) is 5.75 Å². The first-order valence-electron chi connectivity index (χ1n) is 9.43. The highest BCUT2D eigenvalue weighted by atomic mass is 16.5. The van der Waals surface area contributed by atoms with Crippen LogP contribution in [0.25, 0.3) is 6.08 Å². The largest absolute Gasteiger partial charge is 0.479 e. The third-order valence-electron chi connectivity index (χ3n) is 4.46. The SMILES string of the molecule is O=C(/C=C/c1ccc(OC(CCc2ccccc2)C(=O)O)cc1)c1ccccc1. The van der Waals surface area contributed by atoms with Gasteiger partial charge in [-0.25, -0.2) is 4.79 Å². The molecule has 4 heteroatoms. The number of carbonyl (C=O) groups is 2. The Morgan fingerprint density at radius 3 is 2.10 bits per heavy atom. The quantitative estimate of drug-likeness (QED) is 0.413. The van der Waals surface area contributed by atoms with Crippen LogP contribution in [0.5, 0.6) is 5.75 Å². The van der Waals surface area contributed by atoms with Crippen LogP contribution in [0.15, 0.2) is 91.0 Å². The summed E-state index contributed by atoms with van der Waals surface area (Å²) in [5.41, 5.74) is 2.54. The molecule has 1 N–H and O–H groups in total. The van der Waals surface area contributed by atoms with Crippen molar-refractivity contribution in [2.24, 2.45) is 0 Å². The second-order valence-electron chi connectivity index (χ2n) is 6.60. The molecule has 0 bridgehead atoms. The van der Waals surface area contributed by atoms with Crippen molar-refractivity contribution in [1.29, 1.82) is 0 Å². The molecular formula is C25H22O4. The van der Waals surface area contributed by atoms with E-state index < -0.39 is 12.1 Å². The Hall–Kier alpha value is -3.66. The molecule has 3 rings (SSSR count). The zero-order chi connectivity index (χ0) is 20.5. The van der Waals surface area contributed by atoms with E-state index in [1.165, 1.54) is 6.08 Å². The van der Waals surface area contributed by atoms with E-state index in [1.54, 1.807) is 42.5 Å². The van der Waals surface area contributed by atoms with Gasteiger partial charge in [-0.3, -0.25) is 4.79 Å². The standard InChI is InChI=1S/C25H22O4/c26-23(21-9-5-2-6-10-21)17-13-20-11-15-22(16-12-20)29-24(25(27)28)18-14-19-7-3-1-4-8-19/h1-13,15-17,24H,14,18H2,(H,27,28)/b17-13+. The number of carboxylic acids is 1. The molecule has 4 nitrogen and oxygen atoms in total. The molecule has 1 atom stereocenters. The number of benzene rings is 3. The van der Waals surface area contributed by atoms with Crippen LogP contribution in [-0.4, -0.2) is 23.0 Å². The van der Waals surface area contributed by atoms with Crippen LogP contribution in [0.1, 0.15) is 27.9 Å². The van der Waals surface area contributed by atoms with Gasteiger partial charge in [-0.1, -0.05) is 78.9 Å². The second kappa shape index (κ2) is 10.0. The van der Waals surface area contributed by atoms with E-state index >= 15 is 0 Å². The predicted octanol–water partition coefficient (Wildman–Crippen LogP) is 5.05. The minimum Gasteiger partial charge on any atom is -0.479 e. The van der Waals surface area contributed by atoms with Crippen LogP contribution in [0, 0.1) is 0 Å². The number of allylic oxidation sites excluding steroid dienone is 1. The zero-order valence-corrected chi connectivity index (χ0v) is 15.9. The molecule has 0 radical (unpaired) electrons. The van der Waals surface area contributed by atoms with E-state index in [0.29, 0.717) is 24.2 Å². The van der Waals surface area contributed by atoms with Gasteiger partial charge in [-0.05, 0) is 42.2 Å². The number of rotatable bonds is 9. The third-order valence-corrected chi connectivity index (χ3v) is 4.46. The Morgan fingerprint density at radius 1 is 0.862 bits per heavy atom. The third kappa shape index (κ3) is 6.18. The lowest BCUT2D eigenvalue weighted by Crippen LogP contribution is -2.27. The Bertz CT molecular complexity index is 961. The van der Waals surface area contributed by atoms with Crippen LogP contribution < -0.4 is 4.74 Å². The van der Waals surface area contributed by atoms with E-state index in [0.717, 1.165) is 11.1 Å². The molecule has 0 spiro atoms. The maximum absolute atomic E-state index is 12.1. The molecule has 0 heterocycles. The van der Waals surface area contributed by atoms with E-state index in [1.807, 2.05) is 48.5 Å². The molecule has 1 unspecified atom stereocenters. The second-order valence-corrected chi connectivity index (χ2v) is 6.60. The van der Waals surface area contributed by atoms with Crippen LogP contribution in [0.2, 0.25) is 0 Å². The van der Waals surface area contributed by atoms with Crippen molar-refractivity contribution in [2.75, 3.05) is 0 Å². The summed E-state index contributed by atoms with van der Waals surface area (Å²) in [6.07, 6.45) is 3.33. The topological polar surface area (TPSA) is 63.6 Å². The summed E-state index contributed by atoms with van der Waals surface area (Å²) >= 11 is 0. The van der Waals surface area contributed by atoms with Crippen LogP contribution >= 0.6 is 0 Å². The van der Waals surface area contributed by atoms with E-state index in [9.17, 15) is 14.7 Å². The highest BCUT2D eigenvalue weighted by Crippen LogP contribution is 2.17. The molecule has 0 aliphatic heterocycles. The summed E-state index contributed by atoms with van der Waals surface area (Å²) in [5, 5.41) is 9.45. The first-order chi connectivity index (χ1) is 14.1. The average molecular weight is 386 g/mol. The minimum absolute atomic E-state index is 0.0715. The maximum atomic E-state index is 12.1. The Kier molecular flexibility index (Phi) is 6.95. The highest BCUT2D eigenvalue weighted by molar-refractivity contribution is 6.06. The molecule has 0 aliphatic rings. The number of ether oxygens (including phenoxy) is 1. The predicted molar refractivity (Wildman–Crippen MR) is 113 cm³/mol. The summed E-state index contributed by atoms with van der Waals surface area (Å²) in [6.45, 7) is 0. The van der Waals surface area contributed by atoms with Crippen molar-refractivity contribution in [3.63, 3.8) is 0 Å². The molecule has 146 valence electrons. The molecule has 29 heavy (non-hydrogen) atoms. The van der Waals surface area contributed by atoms with Crippen molar-refractivity contribution in [1.82, 2.24) is 0 Å². The maximum Gasteiger partial charge on any atom is 0.344 e.